The number of likely N-dealkylation sites (N-methyl/N-ethyl adjacent to an activating group) is 2. The highest BCUT2D eigenvalue weighted by Gasteiger charge is 2.45. The number of hydrogen-bond donors (Lipinski definition) is 5. The van der Waals surface area contributed by atoms with Crippen LogP contribution in [0.3, 0.4) is 0 Å². The molecule has 11 atom stereocenters. The minimum absolute atomic E-state index is 0.104. The van der Waals surface area contributed by atoms with Crippen LogP contribution in [0.4, 0.5) is 10.5 Å². The standard InChI is InChI=1S/C56H83N7O13/c1-14-34(8)46-44(64)30-45(65)76-49(33(6)7)48(66)35(9)50(67)58-40(27-31(2)3)53(70)63-26-18-21-41(63)54(71)61(11)43(29-37-22-24-39(74-13)25-23-37)55(72)75-36(10)47(52(69)59-46)60-51(68)42(28-32(4)5)62(12)56(73)57-38-19-16-15-17-20-38/h15-17,19-20,22-25,31-36,40-44,46-47,49,64H,14,18,21,26-30H2,1-13H3,(H,57,73)(H,58,67)(H,59,69)(H,60,68)/t34-,35-,36+,40-,41-,42+,43-,44-,46+,47-,49-/m0/s1. The van der Waals surface area contributed by atoms with Crippen LogP contribution in [-0.4, -0.2) is 155 Å². The van der Waals surface area contributed by atoms with Crippen LogP contribution in [0.15, 0.2) is 54.6 Å². The lowest BCUT2D eigenvalue weighted by molar-refractivity contribution is -0.163. The summed E-state index contributed by atoms with van der Waals surface area (Å²) in [6, 6.07) is 7.12. The van der Waals surface area contributed by atoms with E-state index in [9.17, 15) is 48.3 Å². The summed E-state index contributed by atoms with van der Waals surface area (Å²) in [5.41, 5.74) is 1.07. The molecule has 0 saturated carbocycles. The maximum absolute atomic E-state index is 14.9. The number of nitrogens with one attached hydrogen (secondary N) is 4. The number of cyclic esters (lactones) is 2. The van der Waals surface area contributed by atoms with Gasteiger partial charge in [-0.1, -0.05) is 92.1 Å². The Hall–Kier alpha value is -6.57. The Morgan fingerprint density at radius 3 is 2.09 bits per heavy atom. The molecule has 20 heteroatoms. The maximum Gasteiger partial charge on any atom is 0.329 e. The van der Waals surface area contributed by atoms with Crippen LogP contribution in [0.25, 0.3) is 0 Å². The Balaban J connectivity index is 1.88. The fraction of sp³-hybridized carbons (Fsp3) is 0.625. The molecule has 0 aromatic heterocycles. The minimum atomic E-state index is -1.71. The first-order valence-corrected chi connectivity index (χ1v) is 26.6. The zero-order valence-electron chi connectivity index (χ0n) is 46.6. The summed E-state index contributed by atoms with van der Waals surface area (Å²) in [5.74, 6) is -8.66. The predicted molar refractivity (Wildman–Crippen MR) is 284 cm³/mol. The highest BCUT2D eigenvalue weighted by atomic mass is 16.6. The topological polar surface area (TPSA) is 259 Å². The number of Topliss-reactive ketones (excluding diaryl/α,β-unsaturated/α-hetero) is 1. The Bertz CT molecular complexity index is 2330. The van der Waals surface area contributed by atoms with Crippen molar-refractivity contribution in [3.8, 4) is 5.75 Å². The van der Waals surface area contributed by atoms with Crippen LogP contribution in [0, 0.1) is 29.6 Å². The molecule has 2 aliphatic rings. The molecule has 2 aromatic carbocycles. The molecule has 0 unspecified atom stereocenters. The van der Waals surface area contributed by atoms with E-state index in [0.717, 1.165) is 0 Å². The number of esters is 2. The lowest BCUT2D eigenvalue weighted by Crippen LogP contribution is -2.61. The van der Waals surface area contributed by atoms with Gasteiger partial charge in [-0.3, -0.25) is 33.6 Å². The number of carbonyl (C=O) groups excluding carboxylic acids is 9. The zero-order chi connectivity index (χ0) is 56.7. The first-order chi connectivity index (χ1) is 35.8. The molecule has 7 amide bonds. The second-order valence-corrected chi connectivity index (χ2v) is 21.5. The number of fused-ring (bicyclic) bond motifs is 1. The largest absolute Gasteiger partial charge is 0.497 e. The molecule has 0 spiro atoms. The van der Waals surface area contributed by atoms with Crippen LogP contribution in [0.1, 0.15) is 113 Å². The summed E-state index contributed by atoms with van der Waals surface area (Å²) >= 11 is 0. The summed E-state index contributed by atoms with van der Waals surface area (Å²) in [5, 5.41) is 22.9. The molecule has 0 radical (unpaired) electrons. The second kappa shape index (κ2) is 28.5. The molecule has 2 heterocycles. The van der Waals surface area contributed by atoms with E-state index in [0.29, 0.717) is 29.8 Å². The van der Waals surface area contributed by atoms with E-state index in [1.807, 2.05) is 27.7 Å². The van der Waals surface area contributed by atoms with Crippen LogP contribution >= 0.6 is 0 Å². The lowest BCUT2D eigenvalue weighted by Gasteiger charge is -2.36. The smallest absolute Gasteiger partial charge is 0.329 e. The summed E-state index contributed by atoms with van der Waals surface area (Å²) in [6.45, 7) is 17.1. The number of para-hydroxylation sites is 1. The Kier molecular flexibility index (Phi) is 23.3. The highest BCUT2D eigenvalue weighted by Crippen LogP contribution is 2.26. The van der Waals surface area contributed by atoms with Crippen molar-refractivity contribution in [1.29, 1.82) is 0 Å². The van der Waals surface area contributed by atoms with E-state index in [4.69, 9.17) is 14.2 Å². The van der Waals surface area contributed by atoms with Crippen LogP contribution < -0.4 is 26.0 Å². The number of carbonyl (C=O) groups is 9. The molecular weight excluding hydrogens is 979 g/mol. The van der Waals surface area contributed by atoms with Gasteiger partial charge in [-0.05, 0) is 93.0 Å². The molecule has 4 rings (SSSR count). The van der Waals surface area contributed by atoms with Crippen molar-refractivity contribution >= 4 is 59.0 Å². The molecular formula is C56H83N7O13. The summed E-state index contributed by atoms with van der Waals surface area (Å²) in [4.78, 5) is 133. The molecule has 2 aromatic rings. The number of ketones is 1. The Labute approximate surface area is 448 Å². The molecule has 20 nitrogen and oxygen atoms in total. The fourth-order valence-corrected chi connectivity index (χ4v) is 9.48. The van der Waals surface area contributed by atoms with Gasteiger partial charge in [0.1, 0.15) is 42.1 Å². The van der Waals surface area contributed by atoms with Crippen LogP contribution in [0.2, 0.25) is 0 Å². The van der Waals surface area contributed by atoms with Crippen LogP contribution in [-0.2, 0) is 54.3 Å². The van der Waals surface area contributed by atoms with Gasteiger partial charge in [-0.15, -0.1) is 0 Å². The van der Waals surface area contributed by atoms with E-state index < -0.39 is 132 Å². The number of anilines is 1. The Morgan fingerprint density at radius 2 is 1.51 bits per heavy atom. The van der Waals surface area contributed by atoms with Crippen molar-refractivity contribution in [3.63, 3.8) is 0 Å². The third kappa shape index (κ3) is 16.7. The van der Waals surface area contributed by atoms with Gasteiger partial charge in [0.25, 0.3) is 0 Å². The molecule has 2 aliphatic heterocycles. The maximum atomic E-state index is 14.9. The second-order valence-electron chi connectivity index (χ2n) is 21.5. The van der Waals surface area contributed by atoms with Crippen molar-refractivity contribution in [1.82, 2.24) is 30.7 Å². The highest BCUT2D eigenvalue weighted by molar-refractivity contribution is 6.05. The number of methoxy groups -OCH3 is 1. The number of nitrogens with zero attached hydrogens (tertiary/aromatic N) is 3. The van der Waals surface area contributed by atoms with Crippen LogP contribution in [0.5, 0.6) is 5.75 Å². The van der Waals surface area contributed by atoms with Gasteiger partial charge in [0.05, 0.1) is 31.6 Å². The van der Waals surface area contributed by atoms with Crippen molar-refractivity contribution in [2.75, 3.05) is 33.1 Å². The van der Waals surface area contributed by atoms with Gasteiger partial charge in [-0.25, -0.2) is 9.59 Å². The summed E-state index contributed by atoms with van der Waals surface area (Å²) in [6.07, 6.45) is -4.06. The molecule has 420 valence electrons. The molecule has 0 aliphatic carbocycles. The fourth-order valence-electron chi connectivity index (χ4n) is 9.48. The van der Waals surface area contributed by atoms with E-state index >= 15 is 0 Å². The monoisotopic (exact) mass is 1060 g/mol. The number of aliphatic hydroxyl groups is 1. The molecule has 76 heavy (non-hydrogen) atoms. The number of amides is 7. The number of rotatable bonds is 14. The number of benzene rings is 2. The SMILES string of the molecule is CC[C@H](C)[C@H]1NC(=O)[C@@H](NC(=O)[C@@H](CC(C)C)N(C)C(=O)Nc2ccccc2)[C@@H](C)OC(=O)[C@H](Cc2ccc(OC)cc2)N(C)C(=O)[C@@H]2CCCN2C(=O)[C@H](CC(C)C)NC(=O)[C@@H](C)C(=O)[C@H](C(C)C)OC(=O)C[C@@H]1O. The average Bonchev–Trinajstić information content (AvgIpc) is 3.87. The van der Waals surface area contributed by atoms with E-state index in [-0.39, 0.29) is 44.1 Å². The molecule has 0 bridgehead atoms. The third-order valence-electron chi connectivity index (χ3n) is 14.3. The van der Waals surface area contributed by atoms with Crippen molar-refractivity contribution in [2.45, 2.75) is 169 Å². The first-order valence-electron chi connectivity index (χ1n) is 26.6. The van der Waals surface area contributed by atoms with Gasteiger partial charge in [0, 0.05) is 32.7 Å². The van der Waals surface area contributed by atoms with E-state index in [1.165, 1.54) is 49.8 Å². The van der Waals surface area contributed by atoms with Gasteiger partial charge in [0.2, 0.25) is 29.5 Å². The van der Waals surface area contributed by atoms with Crippen molar-refractivity contribution in [2.24, 2.45) is 29.6 Å². The molecule has 2 saturated heterocycles. The lowest BCUT2D eigenvalue weighted by atomic mass is 9.91. The average molecular weight is 1060 g/mol. The van der Waals surface area contributed by atoms with E-state index in [1.54, 1.807) is 82.3 Å². The molecule has 5 N–H and O–H groups in total. The predicted octanol–water partition coefficient (Wildman–Crippen LogP) is 4.65. The minimum Gasteiger partial charge on any atom is -0.497 e. The summed E-state index contributed by atoms with van der Waals surface area (Å²) in [7, 11) is 4.35. The van der Waals surface area contributed by atoms with Crippen molar-refractivity contribution in [3.05, 3.63) is 60.2 Å². The first kappa shape index (κ1) is 62.0. The third-order valence-corrected chi connectivity index (χ3v) is 14.3. The quantitative estimate of drug-likeness (QED) is 0.128. The number of urea groups is 1. The number of ether oxygens (including phenoxy) is 3. The summed E-state index contributed by atoms with van der Waals surface area (Å²) < 4.78 is 17.2. The molecule has 2 fully saturated rings. The van der Waals surface area contributed by atoms with E-state index in [2.05, 4.69) is 21.3 Å². The van der Waals surface area contributed by atoms with Gasteiger partial charge in [-0.2, -0.15) is 0 Å². The number of hydrogen-bond acceptors (Lipinski definition) is 13. The number of aliphatic hydroxyl groups excluding tert-OH is 1. The van der Waals surface area contributed by atoms with Gasteiger partial charge < -0.3 is 55.3 Å². The van der Waals surface area contributed by atoms with Crippen molar-refractivity contribution < 1.29 is 62.5 Å². The van der Waals surface area contributed by atoms with Gasteiger partial charge in [0.15, 0.2) is 11.9 Å². The Morgan fingerprint density at radius 1 is 0.868 bits per heavy atom. The van der Waals surface area contributed by atoms with Gasteiger partial charge >= 0.3 is 18.0 Å². The zero-order valence-corrected chi connectivity index (χ0v) is 46.6. The normalized spacial score (nSPS) is 25.8.